The average Bonchev–Trinajstić information content (AvgIpc) is 2.97. The molecule has 2 aromatic rings. The number of nitrogens with zero attached hydrogens (tertiary/aromatic N) is 2. The molecule has 2 aliphatic heterocycles. The van der Waals surface area contributed by atoms with Gasteiger partial charge in [0.05, 0.1) is 23.6 Å². The van der Waals surface area contributed by atoms with Gasteiger partial charge in [-0.1, -0.05) is 6.08 Å². The minimum atomic E-state index is -0.521. The molecule has 28 heavy (non-hydrogen) atoms. The number of anilines is 3. The van der Waals surface area contributed by atoms with Crippen molar-refractivity contribution in [2.75, 3.05) is 37.4 Å². The number of hydrogen-bond acceptors (Lipinski definition) is 6. The predicted molar refractivity (Wildman–Crippen MR) is 105 cm³/mol. The van der Waals surface area contributed by atoms with Gasteiger partial charge in [0.25, 0.3) is 0 Å². The van der Waals surface area contributed by atoms with E-state index in [2.05, 4.69) is 25.9 Å². The lowest BCUT2D eigenvalue weighted by Crippen LogP contribution is -2.12. The van der Waals surface area contributed by atoms with E-state index in [0.29, 0.717) is 30.9 Å². The Bertz CT molecular complexity index is 945. The minimum Gasteiger partial charge on any atom is -0.492 e. The molecule has 0 atom stereocenters. The Morgan fingerprint density at radius 2 is 2.04 bits per heavy atom. The smallest absolute Gasteiger partial charge is 0.229 e. The fourth-order valence-electron chi connectivity index (χ4n) is 3.62. The number of aromatic nitrogens is 2. The number of aryl methyl sites for hydroxylation is 1. The molecule has 3 N–H and O–H groups in total. The minimum absolute atomic E-state index is 0.0673. The van der Waals surface area contributed by atoms with Crippen molar-refractivity contribution in [3.8, 4) is 5.75 Å². The monoisotopic (exact) mass is 387 g/mol. The summed E-state index contributed by atoms with van der Waals surface area (Å²) in [6, 6.07) is 1.73. The average molecular weight is 387 g/mol. The second kappa shape index (κ2) is 7.71. The van der Waals surface area contributed by atoms with Crippen LogP contribution in [0.4, 0.5) is 26.2 Å². The highest BCUT2D eigenvalue weighted by atomic mass is 19.1. The van der Waals surface area contributed by atoms with Gasteiger partial charge in [-0.05, 0) is 37.9 Å². The van der Waals surface area contributed by atoms with Gasteiger partial charge < -0.3 is 20.7 Å². The zero-order valence-corrected chi connectivity index (χ0v) is 16.0. The van der Waals surface area contributed by atoms with E-state index in [1.807, 2.05) is 6.08 Å². The van der Waals surface area contributed by atoms with Crippen LogP contribution in [0.5, 0.6) is 5.75 Å². The van der Waals surface area contributed by atoms with Crippen LogP contribution in [0.25, 0.3) is 5.57 Å². The first-order chi connectivity index (χ1) is 13.6. The number of nitrogens with one attached hydrogen (secondary N) is 3. The third-order valence-corrected chi connectivity index (χ3v) is 5.02. The summed E-state index contributed by atoms with van der Waals surface area (Å²) in [5.74, 6) is -0.0810. The van der Waals surface area contributed by atoms with Crippen molar-refractivity contribution < 1.29 is 13.5 Å². The Morgan fingerprint density at radius 1 is 1.18 bits per heavy atom. The maximum Gasteiger partial charge on any atom is 0.229 e. The van der Waals surface area contributed by atoms with E-state index in [1.54, 1.807) is 20.0 Å². The van der Waals surface area contributed by atoms with Gasteiger partial charge in [0.2, 0.25) is 5.95 Å². The lowest BCUT2D eigenvalue weighted by atomic mass is 9.96. The number of rotatable bonds is 4. The van der Waals surface area contributed by atoms with E-state index < -0.39 is 11.6 Å². The standard InChI is InChI=1S/C20H23F2N5O/c1-11-16(21)19(23-2)27-20(25-11)26-14-10-13-6-9-28-18(13)15(17(14)22)12-4-3-7-24-8-5-12/h5,10,24H,3-4,6-9H2,1-2H3,(H2,23,25,26,27). The molecular formula is C20H23F2N5O. The van der Waals surface area contributed by atoms with Crippen LogP contribution in [-0.2, 0) is 6.42 Å². The van der Waals surface area contributed by atoms with E-state index in [-0.39, 0.29) is 23.1 Å². The normalized spacial score (nSPS) is 16.1. The molecule has 4 rings (SSSR count). The van der Waals surface area contributed by atoms with Crippen LogP contribution in [0.2, 0.25) is 0 Å². The van der Waals surface area contributed by atoms with Gasteiger partial charge in [-0.2, -0.15) is 4.98 Å². The van der Waals surface area contributed by atoms with Gasteiger partial charge in [0.15, 0.2) is 17.5 Å². The second-order valence-corrected chi connectivity index (χ2v) is 6.91. The van der Waals surface area contributed by atoms with Gasteiger partial charge in [-0.15, -0.1) is 0 Å². The second-order valence-electron chi connectivity index (χ2n) is 6.91. The highest BCUT2D eigenvalue weighted by Gasteiger charge is 2.26. The lowest BCUT2D eigenvalue weighted by molar-refractivity contribution is 0.354. The molecule has 0 unspecified atom stereocenters. The van der Waals surface area contributed by atoms with Gasteiger partial charge in [-0.3, -0.25) is 0 Å². The highest BCUT2D eigenvalue weighted by Crippen LogP contribution is 2.41. The molecule has 148 valence electrons. The van der Waals surface area contributed by atoms with Crippen molar-refractivity contribution in [3.05, 3.63) is 40.6 Å². The van der Waals surface area contributed by atoms with E-state index in [0.717, 1.165) is 30.5 Å². The SMILES string of the molecule is CNc1nc(Nc2cc3c(c(C4=CCNCCC4)c2F)OCC3)nc(C)c1F. The summed E-state index contributed by atoms with van der Waals surface area (Å²) in [7, 11) is 1.58. The zero-order chi connectivity index (χ0) is 19.7. The van der Waals surface area contributed by atoms with Gasteiger partial charge in [0.1, 0.15) is 5.75 Å². The molecule has 6 nitrogen and oxygen atoms in total. The van der Waals surface area contributed by atoms with Crippen LogP contribution >= 0.6 is 0 Å². The largest absolute Gasteiger partial charge is 0.492 e. The summed E-state index contributed by atoms with van der Waals surface area (Å²) in [5, 5.41) is 8.93. The van der Waals surface area contributed by atoms with Crippen molar-refractivity contribution in [1.82, 2.24) is 15.3 Å². The summed E-state index contributed by atoms with van der Waals surface area (Å²) in [6.45, 7) is 3.68. The fraction of sp³-hybridized carbons (Fsp3) is 0.400. The summed E-state index contributed by atoms with van der Waals surface area (Å²) >= 11 is 0. The fourth-order valence-corrected chi connectivity index (χ4v) is 3.62. The summed E-state index contributed by atoms with van der Waals surface area (Å²) in [6.07, 6.45) is 4.45. The maximum absolute atomic E-state index is 15.5. The Morgan fingerprint density at radius 3 is 2.86 bits per heavy atom. The number of allylic oxidation sites excluding steroid dienone is 1. The third-order valence-electron chi connectivity index (χ3n) is 5.02. The number of ether oxygens (including phenoxy) is 1. The van der Waals surface area contributed by atoms with E-state index in [4.69, 9.17) is 4.74 Å². The topological polar surface area (TPSA) is 71.1 Å². The molecule has 3 heterocycles. The first-order valence-corrected chi connectivity index (χ1v) is 9.45. The molecule has 8 heteroatoms. The van der Waals surface area contributed by atoms with Crippen molar-refractivity contribution in [2.45, 2.75) is 26.2 Å². The van der Waals surface area contributed by atoms with Crippen molar-refractivity contribution in [1.29, 1.82) is 0 Å². The van der Waals surface area contributed by atoms with Gasteiger partial charge in [-0.25, -0.2) is 13.8 Å². The van der Waals surface area contributed by atoms with Crippen LogP contribution in [-0.4, -0.2) is 36.7 Å². The molecule has 0 spiro atoms. The molecular weight excluding hydrogens is 364 g/mol. The van der Waals surface area contributed by atoms with Crippen LogP contribution in [0.3, 0.4) is 0 Å². The Labute approximate surface area is 162 Å². The third kappa shape index (κ3) is 3.40. The zero-order valence-electron chi connectivity index (χ0n) is 16.0. The molecule has 0 bridgehead atoms. The van der Waals surface area contributed by atoms with Crippen LogP contribution < -0.4 is 20.7 Å². The Balaban J connectivity index is 1.78. The summed E-state index contributed by atoms with van der Waals surface area (Å²) < 4.78 is 35.3. The van der Waals surface area contributed by atoms with Gasteiger partial charge in [0, 0.05) is 25.6 Å². The highest BCUT2D eigenvalue weighted by molar-refractivity contribution is 5.78. The molecule has 2 aliphatic rings. The van der Waals surface area contributed by atoms with Crippen LogP contribution in [0, 0.1) is 18.6 Å². The predicted octanol–water partition coefficient (Wildman–Crippen LogP) is 3.55. The summed E-state index contributed by atoms with van der Waals surface area (Å²) in [5.41, 5.74) is 2.85. The van der Waals surface area contributed by atoms with Crippen molar-refractivity contribution in [3.63, 3.8) is 0 Å². The van der Waals surface area contributed by atoms with Crippen molar-refractivity contribution >= 4 is 23.0 Å². The maximum atomic E-state index is 15.5. The molecule has 1 aromatic heterocycles. The number of hydrogen-bond donors (Lipinski definition) is 3. The summed E-state index contributed by atoms with van der Waals surface area (Å²) in [4.78, 5) is 8.22. The molecule has 0 amide bonds. The molecule has 0 fully saturated rings. The number of halogens is 2. The lowest BCUT2D eigenvalue weighted by Gasteiger charge is -2.16. The first-order valence-electron chi connectivity index (χ1n) is 9.45. The Hall–Kier alpha value is -2.74. The molecule has 0 saturated heterocycles. The molecule has 0 aliphatic carbocycles. The van der Waals surface area contributed by atoms with E-state index in [1.165, 1.54) is 0 Å². The molecule has 0 saturated carbocycles. The van der Waals surface area contributed by atoms with E-state index >= 15 is 4.39 Å². The number of fused-ring (bicyclic) bond motifs is 1. The first kappa shape index (κ1) is 18.6. The molecule has 0 radical (unpaired) electrons. The van der Waals surface area contributed by atoms with Gasteiger partial charge >= 0.3 is 0 Å². The number of benzene rings is 1. The van der Waals surface area contributed by atoms with Crippen LogP contribution in [0.15, 0.2) is 12.1 Å². The van der Waals surface area contributed by atoms with Crippen molar-refractivity contribution in [2.24, 2.45) is 0 Å². The van der Waals surface area contributed by atoms with Crippen LogP contribution in [0.1, 0.15) is 29.7 Å². The molecule has 1 aromatic carbocycles. The quantitative estimate of drug-likeness (QED) is 0.745. The van der Waals surface area contributed by atoms with E-state index in [9.17, 15) is 4.39 Å². The Kier molecular flexibility index (Phi) is 5.13.